The van der Waals surface area contributed by atoms with Crippen LogP contribution in [0.15, 0.2) is 97.1 Å². The third-order valence-electron chi connectivity index (χ3n) is 6.80. The summed E-state index contributed by atoms with van der Waals surface area (Å²) in [5.74, 6) is 2.07. The molecule has 1 aromatic heterocycles. The molecule has 3 heteroatoms. The number of hydrogen-bond acceptors (Lipinski definition) is 3. The number of aryl methyl sites for hydroxylation is 1. The van der Waals surface area contributed by atoms with Crippen LogP contribution in [0.3, 0.4) is 0 Å². The first-order valence-electron chi connectivity index (χ1n) is 11.6. The zero-order valence-electron chi connectivity index (χ0n) is 19.6. The van der Waals surface area contributed by atoms with Gasteiger partial charge >= 0.3 is 0 Å². The predicted molar refractivity (Wildman–Crippen MR) is 138 cm³/mol. The second-order valence-corrected chi connectivity index (χ2v) is 9.44. The van der Waals surface area contributed by atoms with Crippen molar-refractivity contribution < 1.29 is 0 Å². The van der Waals surface area contributed by atoms with Crippen LogP contribution < -0.4 is 0 Å². The Morgan fingerprint density at radius 1 is 0.529 bits per heavy atom. The highest BCUT2D eigenvalue weighted by molar-refractivity contribution is 5.91. The van der Waals surface area contributed by atoms with Gasteiger partial charge in [0, 0.05) is 22.1 Å². The molecule has 1 heterocycles. The van der Waals surface area contributed by atoms with Crippen molar-refractivity contribution in [3.05, 3.63) is 114 Å². The summed E-state index contributed by atoms with van der Waals surface area (Å²) in [6, 6.07) is 33.5. The third kappa shape index (κ3) is 3.24. The fraction of sp³-hybridized carbons (Fsp3) is 0.129. The molecule has 0 amide bonds. The van der Waals surface area contributed by atoms with Crippen molar-refractivity contribution in [2.24, 2.45) is 0 Å². The van der Waals surface area contributed by atoms with Gasteiger partial charge in [-0.25, -0.2) is 15.0 Å². The molecule has 0 saturated carbocycles. The van der Waals surface area contributed by atoms with E-state index in [1.165, 1.54) is 27.8 Å². The number of aromatic nitrogens is 3. The maximum Gasteiger partial charge on any atom is 0.164 e. The van der Waals surface area contributed by atoms with E-state index in [0.717, 1.165) is 16.7 Å². The number of nitrogens with zero attached hydrogens (tertiary/aromatic N) is 3. The number of fused-ring (bicyclic) bond motifs is 3. The molecule has 0 bridgehead atoms. The Bertz CT molecular complexity index is 1460. The lowest BCUT2D eigenvalue weighted by Crippen LogP contribution is -2.15. The summed E-state index contributed by atoms with van der Waals surface area (Å²) in [4.78, 5) is 14.8. The van der Waals surface area contributed by atoms with Crippen molar-refractivity contribution in [1.29, 1.82) is 0 Å². The standard InChI is InChI=1S/C31H25N3/c1-20-17-18-23-26(19-20)31(2,3)25-16-10-15-24(27(23)25)30-33-28(21-11-6-4-7-12-21)32-29(34-30)22-13-8-5-9-14-22/h4-19H,1-3H3. The fourth-order valence-corrected chi connectivity index (χ4v) is 5.02. The minimum Gasteiger partial charge on any atom is -0.208 e. The van der Waals surface area contributed by atoms with Crippen molar-refractivity contribution in [2.75, 3.05) is 0 Å². The van der Waals surface area contributed by atoms with E-state index in [1.807, 2.05) is 60.7 Å². The summed E-state index contributed by atoms with van der Waals surface area (Å²) in [5, 5.41) is 0. The molecule has 34 heavy (non-hydrogen) atoms. The molecule has 3 nitrogen and oxygen atoms in total. The molecule has 6 rings (SSSR count). The number of benzene rings is 4. The molecule has 0 N–H and O–H groups in total. The van der Waals surface area contributed by atoms with Crippen LogP contribution in [0.1, 0.15) is 30.5 Å². The van der Waals surface area contributed by atoms with Crippen molar-refractivity contribution in [1.82, 2.24) is 15.0 Å². The van der Waals surface area contributed by atoms with Crippen LogP contribution in [0.5, 0.6) is 0 Å². The summed E-state index contributed by atoms with van der Waals surface area (Å²) in [6.45, 7) is 6.77. The lowest BCUT2D eigenvalue weighted by molar-refractivity contribution is 0.660. The summed E-state index contributed by atoms with van der Waals surface area (Å²) < 4.78 is 0. The molecule has 0 radical (unpaired) electrons. The van der Waals surface area contributed by atoms with Gasteiger partial charge < -0.3 is 0 Å². The van der Waals surface area contributed by atoms with Crippen LogP contribution in [0, 0.1) is 6.92 Å². The smallest absolute Gasteiger partial charge is 0.164 e. The monoisotopic (exact) mass is 439 g/mol. The minimum absolute atomic E-state index is 0.0791. The Hall–Kier alpha value is -4.11. The molecule has 5 aromatic rings. The summed E-state index contributed by atoms with van der Waals surface area (Å²) >= 11 is 0. The van der Waals surface area contributed by atoms with Crippen LogP contribution in [0.4, 0.5) is 0 Å². The van der Waals surface area contributed by atoms with Gasteiger partial charge in [-0.15, -0.1) is 0 Å². The van der Waals surface area contributed by atoms with Crippen molar-refractivity contribution in [3.8, 4) is 45.3 Å². The number of hydrogen-bond donors (Lipinski definition) is 0. The average Bonchev–Trinajstić information content (AvgIpc) is 3.11. The van der Waals surface area contributed by atoms with Crippen LogP contribution in [0.25, 0.3) is 45.3 Å². The molecule has 0 saturated heterocycles. The highest BCUT2D eigenvalue weighted by Crippen LogP contribution is 2.51. The molecule has 0 aliphatic heterocycles. The molecule has 0 unspecified atom stereocenters. The van der Waals surface area contributed by atoms with E-state index in [4.69, 9.17) is 15.0 Å². The fourth-order valence-electron chi connectivity index (χ4n) is 5.02. The first-order chi connectivity index (χ1) is 16.5. The lowest BCUT2D eigenvalue weighted by atomic mass is 9.82. The maximum atomic E-state index is 4.99. The molecule has 164 valence electrons. The Balaban J connectivity index is 1.63. The van der Waals surface area contributed by atoms with Gasteiger partial charge in [-0.05, 0) is 29.2 Å². The highest BCUT2D eigenvalue weighted by Gasteiger charge is 2.37. The van der Waals surface area contributed by atoms with Crippen LogP contribution in [-0.4, -0.2) is 15.0 Å². The Labute approximate surface area is 200 Å². The number of rotatable bonds is 3. The topological polar surface area (TPSA) is 38.7 Å². The van der Waals surface area contributed by atoms with E-state index in [9.17, 15) is 0 Å². The van der Waals surface area contributed by atoms with Crippen LogP contribution in [0.2, 0.25) is 0 Å². The van der Waals surface area contributed by atoms with E-state index < -0.39 is 0 Å². The Kier molecular flexibility index (Phi) is 4.66. The summed E-state index contributed by atoms with van der Waals surface area (Å²) in [6.07, 6.45) is 0. The molecule has 0 spiro atoms. The van der Waals surface area contributed by atoms with Crippen LogP contribution >= 0.6 is 0 Å². The SMILES string of the molecule is Cc1ccc2c(c1)C(C)(C)c1cccc(-c3nc(-c4ccccc4)nc(-c4ccccc4)n3)c1-2. The minimum atomic E-state index is -0.0791. The zero-order chi connectivity index (χ0) is 23.3. The van der Waals surface area contributed by atoms with Crippen molar-refractivity contribution in [3.63, 3.8) is 0 Å². The largest absolute Gasteiger partial charge is 0.208 e. The van der Waals surface area contributed by atoms with E-state index >= 15 is 0 Å². The van der Waals surface area contributed by atoms with Gasteiger partial charge in [-0.1, -0.05) is 116 Å². The van der Waals surface area contributed by atoms with E-state index in [0.29, 0.717) is 17.5 Å². The molecule has 0 atom stereocenters. The molecule has 1 aliphatic carbocycles. The van der Waals surface area contributed by atoms with E-state index in [-0.39, 0.29) is 5.41 Å². The van der Waals surface area contributed by atoms with Gasteiger partial charge in [0.15, 0.2) is 17.5 Å². The molecule has 0 fully saturated rings. The first kappa shape index (κ1) is 20.5. The Morgan fingerprint density at radius 2 is 1.12 bits per heavy atom. The molecular formula is C31H25N3. The summed E-state index contributed by atoms with van der Waals surface area (Å²) in [5.41, 5.74) is 9.37. The normalized spacial score (nSPS) is 13.4. The average molecular weight is 440 g/mol. The van der Waals surface area contributed by atoms with Gasteiger partial charge in [-0.2, -0.15) is 0 Å². The molecular weight excluding hydrogens is 414 g/mol. The van der Waals surface area contributed by atoms with Gasteiger partial charge in [0.2, 0.25) is 0 Å². The molecule has 4 aromatic carbocycles. The second kappa shape index (κ2) is 7.74. The first-order valence-corrected chi connectivity index (χ1v) is 11.6. The summed E-state index contributed by atoms with van der Waals surface area (Å²) in [7, 11) is 0. The quantitative estimate of drug-likeness (QED) is 0.292. The Morgan fingerprint density at radius 3 is 1.74 bits per heavy atom. The van der Waals surface area contributed by atoms with Crippen molar-refractivity contribution in [2.45, 2.75) is 26.2 Å². The van der Waals surface area contributed by atoms with Gasteiger partial charge in [-0.3, -0.25) is 0 Å². The van der Waals surface area contributed by atoms with Crippen molar-refractivity contribution >= 4 is 0 Å². The second-order valence-electron chi connectivity index (χ2n) is 9.44. The zero-order valence-corrected chi connectivity index (χ0v) is 19.6. The van der Waals surface area contributed by atoms with Gasteiger partial charge in [0.05, 0.1) is 0 Å². The van der Waals surface area contributed by atoms with Crippen LogP contribution in [-0.2, 0) is 5.41 Å². The van der Waals surface area contributed by atoms with Gasteiger partial charge in [0.25, 0.3) is 0 Å². The molecule has 1 aliphatic rings. The highest BCUT2D eigenvalue weighted by atomic mass is 15.0. The van der Waals surface area contributed by atoms with E-state index in [2.05, 4.69) is 57.2 Å². The van der Waals surface area contributed by atoms with E-state index in [1.54, 1.807) is 0 Å². The third-order valence-corrected chi connectivity index (χ3v) is 6.80. The maximum absolute atomic E-state index is 4.99. The van der Waals surface area contributed by atoms with Gasteiger partial charge in [0.1, 0.15) is 0 Å². The predicted octanol–water partition coefficient (Wildman–Crippen LogP) is 7.49. The lowest BCUT2D eigenvalue weighted by Gasteiger charge is -2.22.